The van der Waals surface area contributed by atoms with Crippen LogP contribution in [-0.2, 0) is 14.3 Å². The zero-order valence-corrected chi connectivity index (χ0v) is 18.2. The Hall–Kier alpha value is -3.15. The van der Waals surface area contributed by atoms with E-state index in [1.807, 2.05) is 44.2 Å². The van der Waals surface area contributed by atoms with Gasteiger partial charge in [-0.15, -0.1) is 0 Å². The lowest BCUT2D eigenvalue weighted by molar-refractivity contribution is -0.152. The highest BCUT2D eigenvalue weighted by Gasteiger charge is 2.20. The first-order valence-electron chi connectivity index (χ1n) is 10.2. The van der Waals surface area contributed by atoms with Crippen LogP contribution in [0.3, 0.4) is 0 Å². The summed E-state index contributed by atoms with van der Waals surface area (Å²) in [5.41, 5.74) is 4.15. The molecule has 0 aromatic heterocycles. The predicted molar refractivity (Wildman–Crippen MR) is 118 cm³/mol. The molecular formula is C24H30N2O4. The summed E-state index contributed by atoms with van der Waals surface area (Å²) in [5, 5.41) is 5.36. The van der Waals surface area contributed by atoms with Gasteiger partial charge in [-0.3, -0.25) is 14.4 Å². The zero-order valence-electron chi connectivity index (χ0n) is 18.2. The number of hydrogen-bond acceptors (Lipinski definition) is 4. The van der Waals surface area contributed by atoms with Crippen molar-refractivity contribution in [2.45, 2.75) is 53.1 Å². The molecule has 0 spiro atoms. The molecular weight excluding hydrogens is 380 g/mol. The van der Waals surface area contributed by atoms with Crippen molar-refractivity contribution in [2.75, 3.05) is 11.9 Å². The number of aryl methyl sites for hydroxylation is 2. The minimum absolute atomic E-state index is 0.292. The van der Waals surface area contributed by atoms with Crippen molar-refractivity contribution >= 4 is 23.5 Å². The normalized spacial score (nSPS) is 12.6. The fourth-order valence-corrected chi connectivity index (χ4v) is 3.15. The summed E-state index contributed by atoms with van der Waals surface area (Å²) < 4.78 is 5.18. The molecule has 0 fully saturated rings. The Labute approximate surface area is 178 Å². The third-order valence-electron chi connectivity index (χ3n) is 4.92. The standard InChI is InChI=1S/C24H30N2O4/c1-6-17(4)20-9-7-8-10-21(20)26-23(28)18(5)30-22(27)14-25-24(29)19-12-15(2)11-16(3)13-19/h7-13,17-18H,6,14H2,1-5H3,(H,25,29)(H,26,28). The van der Waals surface area contributed by atoms with Crippen LogP contribution in [0.4, 0.5) is 5.69 Å². The van der Waals surface area contributed by atoms with Gasteiger partial charge in [0.15, 0.2) is 6.10 Å². The van der Waals surface area contributed by atoms with Gasteiger partial charge in [-0.25, -0.2) is 0 Å². The summed E-state index contributed by atoms with van der Waals surface area (Å²) in [7, 11) is 0. The second-order valence-electron chi connectivity index (χ2n) is 7.58. The van der Waals surface area contributed by atoms with Gasteiger partial charge in [0, 0.05) is 11.3 Å². The number of para-hydroxylation sites is 1. The zero-order chi connectivity index (χ0) is 22.3. The Morgan fingerprint density at radius 1 is 1.00 bits per heavy atom. The molecule has 2 aromatic carbocycles. The molecule has 0 saturated heterocycles. The van der Waals surface area contributed by atoms with Gasteiger partial charge in [0.05, 0.1) is 0 Å². The number of ether oxygens (including phenoxy) is 1. The van der Waals surface area contributed by atoms with Gasteiger partial charge in [-0.1, -0.05) is 49.2 Å². The van der Waals surface area contributed by atoms with E-state index in [-0.39, 0.29) is 12.5 Å². The number of hydrogen-bond donors (Lipinski definition) is 2. The van der Waals surface area contributed by atoms with E-state index in [1.54, 1.807) is 12.1 Å². The van der Waals surface area contributed by atoms with Crippen LogP contribution in [0.15, 0.2) is 42.5 Å². The lowest BCUT2D eigenvalue weighted by Crippen LogP contribution is -2.36. The Kier molecular flexibility index (Phi) is 8.16. The van der Waals surface area contributed by atoms with Gasteiger partial charge in [0.25, 0.3) is 11.8 Å². The Bertz CT molecular complexity index is 903. The molecule has 2 amide bonds. The largest absolute Gasteiger partial charge is 0.451 e. The molecule has 0 aliphatic rings. The first-order chi connectivity index (χ1) is 14.2. The van der Waals surface area contributed by atoms with E-state index in [2.05, 4.69) is 24.5 Å². The quantitative estimate of drug-likeness (QED) is 0.641. The van der Waals surface area contributed by atoms with E-state index in [0.717, 1.165) is 23.1 Å². The monoisotopic (exact) mass is 410 g/mol. The fourth-order valence-electron chi connectivity index (χ4n) is 3.15. The summed E-state index contributed by atoms with van der Waals surface area (Å²) in [5.74, 6) is -1.16. The summed E-state index contributed by atoms with van der Waals surface area (Å²) in [6.07, 6.45) is -0.0435. The van der Waals surface area contributed by atoms with Crippen LogP contribution in [0.1, 0.15) is 60.2 Å². The summed E-state index contributed by atoms with van der Waals surface area (Å²) in [6, 6.07) is 13.0. The topological polar surface area (TPSA) is 84.5 Å². The van der Waals surface area contributed by atoms with Gasteiger partial charge in [-0.05, 0) is 56.9 Å². The number of esters is 1. The molecule has 2 rings (SSSR count). The van der Waals surface area contributed by atoms with Crippen LogP contribution in [-0.4, -0.2) is 30.4 Å². The van der Waals surface area contributed by atoms with E-state index in [9.17, 15) is 14.4 Å². The summed E-state index contributed by atoms with van der Waals surface area (Å²) in [6.45, 7) is 9.17. The van der Waals surface area contributed by atoms with Crippen molar-refractivity contribution in [1.82, 2.24) is 5.32 Å². The van der Waals surface area contributed by atoms with E-state index in [1.165, 1.54) is 6.92 Å². The van der Waals surface area contributed by atoms with Crippen molar-refractivity contribution < 1.29 is 19.1 Å². The van der Waals surface area contributed by atoms with Crippen LogP contribution < -0.4 is 10.6 Å². The number of amides is 2. The molecule has 6 heteroatoms. The lowest BCUT2D eigenvalue weighted by atomic mass is 9.97. The first kappa shape index (κ1) is 23.1. The molecule has 0 heterocycles. The van der Waals surface area contributed by atoms with E-state index in [0.29, 0.717) is 17.2 Å². The molecule has 6 nitrogen and oxygen atoms in total. The van der Waals surface area contributed by atoms with Crippen molar-refractivity contribution in [3.63, 3.8) is 0 Å². The molecule has 0 aliphatic carbocycles. The van der Waals surface area contributed by atoms with Gasteiger partial charge in [0.1, 0.15) is 6.54 Å². The highest BCUT2D eigenvalue weighted by Crippen LogP contribution is 2.26. The van der Waals surface area contributed by atoms with Crippen molar-refractivity contribution in [3.05, 3.63) is 64.7 Å². The van der Waals surface area contributed by atoms with Gasteiger partial charge in [-0.2, -0.15) is 0 Å². The second kappa shape index (κ2) is 10.6. The highest BCUT2D eigenvalue weighted by atomic mass is 16.5. The maximum atomic E-state index is 12.5. The Balaban J connectivity index is 1.89. The van der Waals surface area contributed by atoms with Gasteiger partial charge < -0.3 is 15.4 Å². The number of carbonyl (C=O) groups excluding carboxylic acids is 3. The van der Waals surface area contributed by atoms with Crippen LogP contribution in [0, 0.1) is 13.8 Å². The van der Waals surface area contributed by atoms with Gasteiger partial charge in [0.2, 0.25) is 0 Å². The molecule has 0 saturated carbocycles. The Morgan fingerprint density at radius 2 is 1.63 bits per heavy atom. The van der Waals surface area contributed by atoms with Crippen molar-refractivity contribution in [1.29, 1.82) is 0 Å². The van der Waals surface area contributed by atoms with Gasteiger partial charge >= 0.3 is 5.97 Å². The van der Waals surface area contributed by atoms with Crippen LogP contribution in [0.2, 0.25) is 0 Å². The lowest BCUT2D eigenvalue weighted by Gasteiger charge is -2.18. The second-order valence-corrected chi connectivity index (χ2v) is 7.58. The molecule has 2 N–H and O–H groups in total. The fraction of sp³-hybridized carbons (Fsp3) is 0.375. The molecule has 2 atom stereocenters. The van der Waals surface area contributed by atoms with E-state index < -0.39 is 18.0 Å². The average Bonchev–Trinajstić information content (AvgIpc) is 2.71. The summed E-state index contributed by atoms with van der Waals surface area (Å²) in [4.78, 5) is 36.8. The van der Waals surface area contributed by atoms with Crippen LogP contribution in [0.25, 0.3) is 0 Å². The average molecular weight is 411 g/mol. The number of rotatable bonds is 8. The molecule has 30 heavy (non-hydrogen) atoms. The highest BCUT2D eigenvalue weighted by molar-refractivity contribution is 5.97. The van der Waals surface area contributed by atoms with E-state index in [4.69, 9.17) is 4.74 Å². The molecule has 0 radical (unpaired) electrons. The molecule has 0 aliphatic heterocycles. The third-order valence-corrected chi connectivity index (χ3v) is 4.92. The van der Waals surface area contributed by atoms with Crippen molar-refractivity contribution in [2.24, 2.45) is 0 Å². The SMILES string of the molecule is CCC(C)c1ccccc1NC(=O)C(C)OC(=O)CNC(=O)c1cc(C)cc(C)c1. The minimum atomic E-state index is -0.986. The molecule has 2 aromatic rings. The molecule has 160 valence electrons. The number of anilines is 1. The first-order valence-corrected chi connectivity index (χ1v) is 10.2. The number of nitrogens with one attached hydrogen (secondary N) is 2. The summed E-state index contributed by atoms with van der Waals surface area (Å²) >= 11 is 0. The Morgan fingerprint density at radius 3 is 2.27 bits per heavy atom. The minimum Gasteiger partial charge on any atom is -0.451 e. The predicted octanol–water partition coefficient (Wildman–Crippen LogP) is 4.12. The maximum Gasteiger partial charge on any atom is 0.326 e. The molecule has 0 bridgehead atoms. The number of benzene rings is 2. The van der Waals surface area contributed by atoms with Crippen LogP contribution >= 0.6 is 0 Å². The number of carbonyl (C=O) groups is 3. The maximum absolute atomic E-state index is 12.5. The third kappa shape index (κ3) is 6.44. The van der Waals surface area contributed by atoms with Crippen molar-refractivity contribution in [3.8, 4) is 0 Å². The smallest absolute Gasteiger partial charge is 0.326 e. The molecule has 2 unspecified atom stereocenters. The van der Waals surface area contributed by atoms with Crippen LogP contribution in [0.5, 0.6) is 0 Å². The van der Waals surface area contributed by atoms with E-state index >= 15 is 0 Å².